The molecule has 2 aromatic carbocycles. The normalized spacial score (nSPS) is 11.1. The molecule has 7 heteroatoms. The Bertz CT molecular complexity index is 845. The number of nitrogen functional groups attached to an aromatic ring is 1. The van der Waals surface area contributed by atoms with E-state index in [0.29, 0.717) is 5.69 Å². The van der Waals surface area contributed by atoms with Crippen LogP contribution in [0, 0.1) is 17.1 Å². The van der Waals surface area contributed by atoms with Gasteiger partial charge in [-0.3, -0.25) is 0 Å². The Morgan fingerprint density at radius 2 is 1.95 bits per heavy atom. The third kappa shape index (κ3) is 3.51. The average molecular weight is 325 g/mol. The van der Waals surface area contributed by atoms with Crippen LogP contribution in [0.5, 0.6) is 0 Å². The van der Waals surface area contributed by atoms with Gasteiger partial charge in [-0.15, -0.1) is 0 Å². The zero-order chi connectivity index (χ0) is 15.6. The molecule has 0 aromatic heterocycles. The average Bonchev–Trinajstić information content (AvgIpc) is 2.36. The lowest BCUT2D eigenvalue weighted by Crippen LogP contribution is -2.06. The van der Waals surface area contributed by atoms with Crippen LogP contribution in [0.2, 0.25) is 5.02 Å². The summed E-state index contributed by atoms with van der Waals surface area (Å²) < 4.78 is 38.0. The molecule has 0 aliphatic carbocycles. The highest BCUT2D eigenvalue weighted by molar-refractivity contribution is 7.90. The molecule has 108 valence electrons. The SMILES string of the molecule is N#Cc1cc(F)cc(CS(=O)(=O)c2ccc(N)cc2Cl)c1. The van der Waals surface area contributed by atoms with Gasteiger partial charge < -0.3 is 5.73 Å². The van der Waals surface area contributed by atoms with E-state index in [1.54, 1.807) is 6.07 Å². The van der Waals surface area contributed by atoms with Crippen molar-refractivity contribution in [2.45, 2.75) is 10.6 Å². The first kappa shape index (κ1) is 15.3. The zero-order valence-corrected chi connectivity index (χ0v) is 12.2. The molecule has 0 bridgehead atoms. The molecular formula is C14H10ClFN2O2S. The number of halogens is 2. The third-order valence-electron chi connectivity index (χ3n) is 2.73. The van der Waals surface area contributed by atoms with Gasteiger partial charge in [-0.1, -0.05) is 11.6 Å². The lowest BCUT2D eigenvalue weighted by Gasteiger charge is -2.08. The van der Waals surface area contributed by atoms with E-state index in [1.165, 1.54) is 24.3 Å². The highest BCUT2D eigenvalue weighted by atomic mass is 35.5. The van der Waals surface area contributed by atoms with Gasteiger partial charge in [0.15, 0.2) is 9.84 Å². The van der Waals surface area contributed by atoms with Gasteiger partial charge in [0.05, 0.1) is 27.3 Å². The lowest BCUT2D eigenvalue weighted by atomic mass is 10.1. The minimum Gasteiger partial charge on any atom is -0.399 e. The van der Waals surface area contributed by atoms with Crippen LogP contribution in [0.4, 0.5) is 10.1 Å². The Balaban J connectivity index is 2.42. The van der Waals surface area contributed by atoms with Gasteiger partial charge in [0, 0.05) is 5.69 Å². The number of nitrogens with zero attached hydrogens (tertiary/aromatic N) is 1. The highest BCUT2D eigenvalue weighted by Crippen LogP contribution is 2.27. The summed E-state index contributed by atoms with van der Waals surface area (Å²) in [6.45, 7) is 0. The van der Waals surface area contributed by atoms with Gasteiger partial charge in [-0.2, -0.15) is 5.26 Å². The van der Waals surface area contributed by atoms with E-state index in [1.807, 2.05) is 0 Å². The fourth-order valence-electron chi connectivity index (χ4n) is 1.86. The molecule has 4 nitrogen and oxygen atoms in total. The molecule has 21 heavy (non-hydrogen) atoms. The van der Waals surface area contributed by atoms with Gasteiger partial charge in [0.1, 0.15) is 5.82 Å². The van der Waals surface area contributed by atoms with Crippen molar-refractivity contribution in [2.24, 2.45) is 0 Å². The topological polar surface area (TPSA) is 84.0 Å². The van der Waals surface area contributed by atoms with Gasteiger partial charge in [0.2, 0.25) is 0 Å². The highest BCUT2D eigenvalue weighted by Gasteiger charge is 2.19. The van der Waals surface area contributed by atoms with E-state index < -0.39 is 21.4 Å². The molecule has 2 N–H and O–H groups in total. The van der Waals surface area contributed by atoms with Crippen molar-refractivity contribution in [3.63, 3.8) is 0 Å². The maximum absolute atomic E-state index is 13.3. The predicted molar refractivity (Wildman–Crippen MR) is 77.9 cm³/mol. The monoisotopic (exact) mass is 324 g/mol. The Labute approximate surface area is 126 Å². The van der Waals surface area contributed by atoms with Crippen LogP contribution in [0.25, 0.3) is 0 Å². The number of hydrogen-bond acceptors (Lipinski definition) is 4. The van der Waals surface area contributed by atoms with Crippen molar-refractivity contribution in [2.75, 3.05) is 5.73 Å². The quantitative estimate of drug-likeness (QED) is 0.880. The molecule has 0 aliphatic rings. The summed E-state index contributed by atoms with van der Waals surface area (Å²) in [5.74, 6) is -1.12. The van der Waals surface area contributed by atoms with E-state index in [9.17, 15) is 12.8 Å². The number of rotatable bonds is 3. The molecule has 0 unspecified atom stereocenters. The molecule has 2 rings (SSSR count). The van der Waals surface area contributed by atoms with Crippen LogP contribution in [0.15, 0.2) is 41.3 Å². The molecule has 0 aliphatic heterocycles. The number of nitrogens with two attached hydrogens (primary N) is 1. The second kappa shape index (κ2) is 5.72. The van der Waals surface area contributed by atoms with Crippen molar-refractivity contribution in [3.8, 4) is 6.07 Å². The van der Waals surface area contributed by atoms with E-state index >= 15 is 0 Å². The number of sulfone groups is 1. The van der Waals surface area contributed by atoms with Crippen LogP contribution >= 0.6 is 11.6 Å². The fourth-order valence-corrected chi connectivity index (χ4v) is 3.80. The molecule has 0 heterocycles. The molecule has 0 radical (unpaired) electrons. The van der Waals surface area contributed by atoms with Crippen LogP contribution in [-0.4, -0.2) is 8.42 Å². The van der Waals surface area contributed by atoms with Crippen molar-refractivity contribution in [1.82, 2.24) is 0 Å². The van der Waals surface area contributed by atoms with Crippen LogP contribution in [0.1, 0.15) is 11.1 Å². The third-order valence-corrected chi connectivity index (χ3v) is 4.90. The van der Waals surface area contributed by atoms with Gasteiger partial charge in [0.25, 0.3) is 0 Å². The first-order valence-electron chi connectivity index (χ1n) is 5.79. The molecule has 0 spiro atoms. The summed E-state index contributed by atoms with van der Waals surface area (Å²) in [5.41, 5.74) is 6.10. The second-order valence-corrected chi connectivity index (χ2v) is 6.77. The Kier molecular flexibility index (Phi) is 4.16. The summed E-state index contributed by atoms with van der Waals surface area (Å²) in [6, 6.07) is 9.27. The van der Waals surface area contributed by atoms with Gasteiger partial charge in [-0.05, 0) is 42.0 Å². The molecule has 0 fully saturated rings. The first-order valence-corrected chi connectivity index (χ1v) is 7.82. The molecule has 0 atom stereocenters. The molecule has 0 amide bonds. The van der Waals surface area contributed by atoms with E-state index in [-0.39, 0.29) is 21.0 Å². The molecule has 0 saturated heterocycles. The zero-order valence-electron chi connectivity index (χ0n) is 10.7. The number of nitriles is 1. The largest absolute Gasteiger partial charge is 0.399 e. The second-order valence-electron chi connectivity index (χ2n) is 4.41. The van der Waals surface area contributed by atoms with Crippen LogP contribution < -0.4 is 5.73 Å². The van der Waals surface area contributed by atoms with Crippen LogP contribution in [-0.2, 0) is 15.6 Å². The summed E-state index contributed by atoms with van der Waals surface area (Å²) in [5, 5.41) is 8.78. The van der Waals surface area contributed by atoms with Gasteiger partial charge in [-0.25, -0.2) is 12.8 Å². The van der Waals surface area contributed by atoms with Gasteiger partial charge >= 0.3 is 0 Å². The fraction of sp³-hybridized carbons (Fsp3) is 0.0714. The van der Waals surface area contributed by atoms with E-state index in [2.05, 4.69) is 0 Å². The minimum absolute atomic E-state index is 0.00640. The summed E-state index contributed by atoms with van der Waals surface area (Å²) >= 11 is 5.88. The van der Waals surface area contributed by atoms with E-state index in [0.717, 1.165) is 12.1 Å². The van der Waals surface area contributed by atoms with Crippen LogP contribution in [0.3, 0.4) is 0 Å². The minimum atomic E-state index is -3.77. The smallest absolute Gasteiger partial charge is 0.183 e. The van der Waals surface area contributed by atoms with Crippen molar-refractivity contribution in [3.05, 3.63) is 58.4 Å². The Morgan fingerprint density at radius 3 is 2.57 bits per heavy atom. The van der Waals surface area contributed by atoms with Crippen molar-refractivity contribution in [1.29, 1.82) is 5.26 Å². The predicted octanol–water partition coefficient (Wildman–Crippen LogP) is 2.91. The number of hydrogen-bond donors (Lipinski definition) is 1. The first-order chi connectivity index (χ1) is 9.81. The van der Waals surface area contributed by atoms with Crippen molar-refractivity contribution < 1.29 is 12.8 Å². The Hall–Kier alpha value is -2.10. The van der Waals surface area contributed by atoms with Crippen molar-refractivity contribution >= 4 is 27.1 Å². The maximum Gasteiger partial charge on any atom is 0.183 e. The van der Waals surface area contributed by atoms with E-state index in [4.69, 9.17) is 22.6 Å². The maximum atomic E-state index is 13.3. The molecular weight excluding hydrogens is 315 g/mol. The summed E-state index contributed by atoms with van der Waals surface area (Å²) in [7, 11) is -3.77. The number of benzene rings is 2. The molecule has 2 aromatic rings. The molecule has 0 saturated carbocycles. The summed E-state index contributed by atoms with van der Waals surface area (Å²) in [6.07, 6.45) is 0. The lowest BCUT2D eigenvalue weighted by molar-refractivity contribution is 0.594. The standard InChI is InChI=1S/C14H10ClFN2O2S/c15-13-6-12(18)1-2-14(13)21(19,20)8-10-3-9(7-17)4-11(16)5-10/h1-6H,8,18H2. The summed E-state index contributed by atoms with van der Waals surface area (Å²) in [4.78, 5) is -0.0823. The number of anilines is 1. The Morgan fingerprint density at radius 1 is 1.24 bits per heavy atom.